The number of carbonyl (C=O) groups excluding carboxylic acids is 2. The van der Waals surface area contributed by atoms with Crippen LogP contribution in [-0.4, -0.2) is 39.1 Å². The summed E-state index contributed by atoms with van der Waals surface area (Å²) in [6, 6.07) is 19.1. The van der Waals surface area contributed by atoms with Crippen LogP contribution in [0.1, 0.15) is 31.1 Å². The summed E-state index contributed by atoms with van der Waals surface area (Å²) in [5.74, 6) is -0.552. The molecule has 0 amide bonds. The van der Waals surface area contributed by atoms with E-state index in [2.05, 4.69) is 28.2 Å². The maximum Gasteiger partial charge on any atom is 0.331 e. The van der Waals surface area contributed by atoms with Gasteiger partial charge in [0, 0.05) is 34.6 Å². The van der Waals surface area contributed by atoms with Gasteiger partial charge in [0.25, 0.3) is 0 Å². The van der Waals surface area contributed by atoms with Gasteiger partial charge in [-0.1, -0.05) is 42.5 Å². The van der Waals surface area contributed by atoms with Gasteiger partial charge in [-0.25, -0.2) is 4.79 Å². The Kier molecular flexibility index (Phi) is 6.11. The highest BCUT2D eigenvalue weighted by molar-refractivity contribution is 8.01. The van der Waals surface area contributed by atoms with Crippen LogP contribution in [0.3, 0.4) is 0 Å². The van der Waals surface area contributed by atoms with E-state index < -0.39 is 23.5 Å². The van der Waals surface area contributed by atoms with Gasteiger partial charge in [0.15, 0.2) is 5.78 Å². The van der Waals surface area contributed by atoms with E-state index in [-0.39, 0.29) is 5.78 Å². The van der Waals surface area contributed by atoms with Gasteiger partial charge in [0.2, 0.25) is 0 Å². The largest absolute Gasteiger partial charge is 0.458 e. The molecule has 2 aromatic carbocycles. The van der Waals surface area contributed by atoms with Crippen molar-refractivity contribution in [3.8, 4) is 11.1 Å². The Bertz CT molecular complexity index is 1360. The number of ether oxygens (including phenoxy) is 1. The Balaban J connectivity index is 1.48. The third-order valence-electron chi connectivity index (χ3n) is 5.97. The fourth-order valence-electron chi connectivity index (χ4n) is 4.40. The monoisotopic (exact) mass is 485 g/mol. The number of hydrogen-bond donors (Lipinski definition) is 1. The standard InChI is InChI=1S/C28H27N3O3S/c1-28(2,3)34-27(33)25-23(17-35-31(25)20-10-7-13-29-15-20)26(32)22-16-30-24-14-19(11-12-21(22)24)18-8-5-4-6-9-18/h4-16,23,25,30H,17H2,1-3H3. The summed E-state index contributed by atoms with van der Waals surface area (Å²) in [6.07, 6.45) is 5.14. The summed E-state index contributed by atoms with van der Waals surface area (Å²) >= 11 is 1.46. The molecule has 4 aromatic rings. The summed E-state index contributed by atoms with van der Waals surface area (Å²) < 4.78 is 7.62. The van der Waals surface area contributed by atoms with Crippen molar-refractivity contribution in [2.45, 2.75) is 32.4 Å². The second-order valence-electron chi connectivity index (χ2n) is 9.61. The molecule has 1 N–H and O–H groups in total. The molecule has 35 heavy (non-hydrogen) atoms. The molecule has 2 unspecified atom stereocenters. The molecule has 6 nitrogen and oxygen atoms in total. The minimum absolute atomic E-state index is 0.0709. The number of nitrogens with zero attached hydrogens (tertiary/aromatic N) is 2. The van der Waals surface area contributed by atoms with Gasteiger partial charge in [0.05, 0.1) is 17.8 Å². The number of fused-ring (bicyclic) bond motifs is 1. The number of hydrogen-bond acceptors (Lipinski definition) is 6. The highest BCUT2D eigenvalue weighted by Crippen LogP contribution is 2.40. The van der Waals surface area contributed by atoms with Crippen LogP contribution in [0.4, 0.5) is 5.69 Å². The molecule has 1 fully saturated rings. The number of rotatable bonds is 5. The van der Waals surface area contributed by atoms with E-state index in [1.165, 1.54) is 11.9 Å². The van der Waals surface area contributed by atoms with E-state index >= 15 is 0 Å². The first kappa shape index (κ1) is 23.2. The van der Waals surface area contributed by atoms with Gasteiger partial charge in [-0.15, -0.1) is 0 Å². The molecule has 2 atom stereocenters. The lowest BCUT2D eigenvalue weighted by atomic mass is 9.91. The quantitative estimate of drug-likeness (QED) is 0.215. The van der Waals surface area contributed by atoms with Gasteiger partial charge in [0.1, 0.15) is 11.6 Å². The molecule has 5 rings (SSSR count). The van der Waals surface area contributed by atoms with Gasteiger partial charge >= 0.3 is 5.97 Å². The summed E-state index contributed by atoms with van der Waals surface area (Å²) in [7, 11) is 0. The predicted molar refractivity (Wildman–Crippen MR) is 140 cm³/mol. The van der Waals surface area contributed by atoms with Crippen LogP contribution in [0, 0.1) is 5.92 Å². The lowest BCUT2D eigenvalue weighted by molar-refractivity contribution is -0.156. The van der Waals surface area contributed by atoms with Crippen molar-refractivity contribution in [2.24, 2.45) is 5.92 Å². The molecule has 1 aliphatic rings. The zero-order valence-corrected chi connectivity index (χ0v) is 20.7. The van der Waals surface area contributed by atoms with Crippen molar-refractivity contribution in [3.05, 3.63) is 84.8 Å². The molecule has 3 heterocycles. The molecule has 7 heteroatoms. The smallest absolute Gasteiger partial charge is 0.331 e. The molecule has 0 bridgehead atoms. The van der Waals surface area contributed by atoms with Crippen LogP contribution in [0.15, 0.2) is 79.3 Å². The average molecular weight is 486 g/mol. The number of pyridine rings is 1. The lowest BCUT2D eigenvalue weighted by Gasteiger charge is -2.29. The van der Waals surface area contributed by atoms with E-state index in [0.29, 0.717) is 11.3 Å². The summed E-state index contributed by atoms with van der Waals surface area (Å²) in [5, 5.41) is 0.849. The SMILES string of the molecule is CC(C)(C)OC(=O)C1C(C(=O)c2c[nH]c3cc(-c4ccccc4)ccc23)CSN1c1cccnc1. The molecular weight excluding hydrogens is 458 g/mol. The number of esters is 1. The number of benzene rings is 2. The van der Waals surface area contributed by atoms with Crippen LogP contribution < -0.4 is 4.31 Å². The van der Waals surface area contributed by atoms with Crippen LogP contribution in [0.25, 0.3) is 22.0 Å². The van der Waals surface area contributed by atoms with Crippen LogP contribution in [0.2, 0.25) is 0 Å². The lowest BCUT2D eigenvalue weighted by Crippen LogP contribution is -2.44. The normalized spacial score (nSPS) is 18.1. The van der Waals surface area contributed by atoms with E-state index in [1.807, 2.05) is 67.5 Å². The third-order valence-corrected chi connectivity index (χ3v) is 7.19. The first-order chi connectivity index (χ1) is 16.8. The molecule has 0 saturated carbocycles. The maximum atomic E-state index is 13.9. The first-order valence-corrected chi connectivity index (χ1v) is 12.5. The Morgan fingerprint density at radius 2 is 1.86 bits per heavy atom. The molecule has 1 aliphatic heterocycles. The second kappa shape index (κ2) is 9.23. The van der Waals surface area contributed by atoms with Crippen molar-refractivity contribution in [1.29, 1.82) is 0 Å². The molecule has 2 aromatic heterocycles. The van der Waals surface area contributed by atoms with Crippen molar-refractivity contribution in [3.63, 3.8) is 0 Å². The number of Topliss-reactive ketones (excluding diaryl/α,β-unsaturated/α-hetero) is 1. The van der Waals surface area contributed by atoms with E-state index in [9.17, 15) is 9.59 Å². The number of aromatic amines is 1. The number of nitrogens with one attached hydrogen (secondary N) is 1. The first-order valence-electron chi connectivity index (χ1n) is 11.6. The second-order valence-corrected chi connectivity index (χ2v) is 10.6. The van der Waals surface area contributed by atoms with E-state index in [1.54, 1.807) is 18.6 Å². The highest BCUT2D eigenvalue weighted by atomic mass is 32.2. The Morgan fingerprint density at radius 3 is 2.57 bits per heavy atom. The maximum absolute atomic E-state index is 13.9. The van der Waals surface area contributed by atoms with Crippen molar-refractivity contribution in [1.82, 2.24) is 9.97 Å². The molecule has 1 saturated heterocycles. The number of ketones is 1. The minimum Gasteiger partial charge on any atom is -0.458 e. The topological polar surface area (TPSA) is 75.3 Å². The highest BCUT2D eigenvalue weighted by Gasteiger charge is 2.47. The molecule has 0 spiro atoms. The Morgan fingerprint density at radius 1 is 1.06 bits per heavy atom. The number of aromatic nitrogens is 2. The zero-order valence-electron chi connectivity index (χ0n) is 19.9. The summed E-state index contributed by atoms with van der Waals surface area (Å²) in [4.78, 5) is 34.6. The minimum atomic E-state index is -0.746. The van der Waals surface area contributed by atoms with E-state index in [0.717, 1.165) is 27.7 Å². The predicted octanol–water partition coefficient (Wildman–Crippen LogP) is 5.91. The number of H-pyrrole nitrogens is 1. The number of anilines is 1. The molecular formula is C28H27N3O3S. The van der Waals surface area contributed by atoms with Crippen molar-refractivity contribution < 1.29 is 14.3 Å². The Hall–Kier alpha value is -3.58. The van der Waals surface area contributed by atoms with Gasteiger partial charge in [-0.05, 0) is 62.0 Å². The average Bonchev–Trinajstić information content (AvgIpc) is 3.48. The van der Waals surface area contributed by atoms with Crippen LogP contribution in [0.5, 0.6) is 0 Å². The summed E-state index contributed by atoms with van der Waals surface area (Å²) in [5.41, 5.74) is 3.78. The number of carbonyl (C=O) groups is 2. The van der Waals surface area contributed by atoms with E-state index in [4.69, 9.17) is 4.74 Å². The van der Waals surface area contributed by atoms with Gasteiger partial charge in [-0.2, -0.15) is 0 Å². The van der Waals surface area contributed by atoms with Crippen molar-refractivity contribution >= 4 is 40.3 Å². The molecule has 0 aliphatic carbocycles. The van der Waals surface area contributed by atoms with Gasteiger partial charge < -0.3 is 9.72 Å². The van der Waals surface area contributed by atoms with Crippen molar-refractivity contribution in [2.75, 3.05) is 10.1 Å². The van der Waals surface area contributed by atoms with Gasteiger partial charge in [-0.3, -0.25) is 14.1 Å². The molecule has 0 radical (unpaired) electrons. The fourth-order valence-corrected chi connectivity index (χ4v) is 5.70. The third kappa shape index (κ3) is 4.68. The fraction of sp³-hybridized carbons (Fsp3) is 0.250. The molecule has 178 valence electrons. The zero-order chi connectivity index (χ0) is 24.6. The Labute approximate surface area is 208 Å². The summed E-state index contributed by atoms with van der Waals surface area (Å²) in [6.45, 7) is 5.51. The van der Waals surface area contributed by atoms with Crippen LogP contribution in [-0.2, 0) is 9.53 Å². The van der Waals surface area contributed by atoms with Crippen LogP contribution >= 0.6 is 11.9 Å².